The lowest BCUT2D eigenvalue weighted by Crippen LogP contribution is -2.37. The molecule has 2 aromatic carbocycles. The maximum Gasteiger partial charge on any atom is 0.387 e. The van der Waals surface area contributed by atoms with E-state index in [4.69, 9.17) is 21.1 Å². The number of benzene rings is 2. The molecule has 2 aliphatic rings. The summed E-state index contributed by atoms with van der Waals surface area (Å²) in [6.45, 7) is -1.49. The first kappa shape index (κ1) is 19.8. The van der Waals surface area contributed by atoms with Gasteiger partial charge in [0.2, 0.25) is 5.91 Å². The van der Waals surface area contributed by atoms with Crippen LogP contribution in [-0.4, -0.2) is 32.3 Å². The lowest BCUT2D eigenvalue weighted by molar-refractivity contribution is -0.118. The van der Waals surface area contributed by atoms with Crippen molar-refractivity contribution in [3.63, 3.8) is 0 Å². The third-order valence-electron chi connectivity index (χ3n) is 4.91. The average Bonchev–Trinajstić information content (AvgIpc) is 2.93. The summed E-state index contributed by atoms with van der Waals surface area (Å²) in [5, 5.41) is 0.382. The molecule has 0 aliphatic carbocycles. The highest BCUT2D eigenvalue weighted by Gasteiger charge is 2.28. The SMILES string of the molecule is O=C(Cc1cc(Cl)c2c(c1)OCCCO2)N1CCCc2cccc(OC(F)F)c21. The number of hydrogen-bond donors (Lipinski definition) is 0. The monoisotopic (exact) mass is 423 g/mol. The second kappa shape index (κ2) is 8.45. The topological polar surface area (TPSA) is 48.0 Å². The molecule has 0 aromatic heterocycles. The first-order valence-electron chi connectivity index (χ1n) is 9.48. The van der Waals surface area contributed by atoms with Gasteiger partial charge in [0, 0.05) is 13.0 Å². The zero-order valence-electron chi connectivity index (χ0n) is 15.6. The van der Waals surface area contributed by atoms with Gasteiger partial charge in [0.05, 0.1) is 30.3 Å². The highest BCUT2D eigenvalue weighted by molar-refractivity contribution is 6.32. The minimum Gasteiger partial charge on any atom is -0.489 e. The van der Waals surface area contributed by atoms with Crippen LogP contribution < -0.4 is 19.1 Å². The van der Waals surface area contributed by atoms with Gasteiger partial charge in [0.15, 0.2) is 11.5 Å². The lowest BCUT2D eigenvalue weighted by atomic mass is 10.00. The zero-order chi connectivity index (χ0) is 20.4. The number of fused-ring (bicyclic) bond motifs is 2. The van der Waals surface area contributed by atoms with E-state index in [1.54, 1.807) is 18.2 Å². The molecule has 0 unspecified atom stereocenters. The van der Waals surface area contributed by atoms with Gasteiger partial charge >= 0.3 is 6.61 Å². The van der Waals surface area contributed by atoms with Gasteiger partial charge in [-0.25, -0.2) is 0 Å². The molecule has 0 fully saturated rings. The molecule has 5 nitrogen and oxygen atoms in total. The van der Waals surface area contributed by atoms with Gasteiger partial charge in [-0.2, -0.15) is 8.78 Å². The van der Waals surface area contributed by atoms with Gasteiger partial charge in [0.25, 0.3) is 0 Å². The number of carbonyl (C=O) groups is 1. The summed E-state index contributed by atoms with van der Waals surface area (Å²) in [4.78, 5) is 14.6. The Morgan fingerprint density at radius 2 is 2.03 bits per heavy atom. The zero-order valence-corrected chi connectivity index (χ0v) is 16.4. The van der Waals surface area contributed by atoms with E-state index in [2.05, 4.69) is 4.74 Å². The fourth-order valence-electron chi connectivity index (χ4n) is 3.71. The van der Waals surface area contributed by atoms with Gasteiger partial charge in [-0.15, -0.1) is 0 Å². The van der Waals surface area contributed by atoms with Crippen molar-refractivity contribution in [3.8, 4) is 17.2 Å². The summed E-state index contributed by atoms with van der Waals surface area (Å²) >= 11 is 6.32. The van der Waals surface area contributed by atoms with Crippen molar-refractivity contribution < 1.29 is 27.8 Å². The number of carbonyl (C=O) groups excluding carboxylic acids is 1. The first-order chi connectivity index (χ1) is 14.0. The first-order valence-corrected chi connectivity index (χ1v) is 9.86. The predicted molar refractivity (Wildman–Crippen MR) is 105 cm³/mol. The third kappa shape index (κ3) is 4.24. The van der Waals surface area contributed by atoms with Crippen LogP contribution in [0.15, 0.2) is 30.3 Å². The van der Waals surface area contributed by atoms with Crippen LogP contribution in [-0.2, 0) is 17.6 Å². The fourth-order valence-corrected chi connectivity index (χ4v) is 4.00. The summed E-state index contributed by atoms with van der Waals surface area (Å²) in [6.07, 6.45) is 2.25. The Balaban J connectivity index is 1.61. The Morgan fingerprint density at radius 3 is 2.86 bits per heavy atom. The molecule has 0 bridgehead atoms. The molecule has 2 aliphatic heterocycles. The maximum atomic E-state index is 13.1. The maximum absolute atomic E-state index is 13.1. The van der Waals surface area contributed by atoms with E-state index in [0.717, 1.165) is 18.4 Å². The molecule has 0 saturated heterocycles. The van der Waals surface area contributed by atoms with Crippen LogP contribution in [0.3, 0.4) is 0 Å². The number of halogens is 3. The molecule has 0 radical (unpaired) electrons. The number of anilines is 1. The molecule has 0 N–H and O–H groups in total. The van der Waals surface area contributed by atoms with Crippen molar-refractivity contribution >= 4 is 23.2 Å². The number of nitrogens with zero attached hydrogens (tertiary/aromatic N) is 1. The van der Waals surface area contributed by atoms with Crippen LogP contribution in [0.1, 0.15) is 24.0 Å². The molecule has 2 aromatic rings. The van der Waals surface area contributed by atoms with Crippen LogP contribution in [0.2, 0.25) is 5.02 Å². The number of para-hydroxylation sites is 1. The number of alkyl halides is 2. The quantitative estimate of drug-likeness (QED) is 0.719. The lowest BCUT2D eigenvalue weighted by Gasteiger charge is -2.31. The second-order valence-electron chi connectivity index (χ2n) is 6.92. The highest BCUT2D eigenvalue weighted by Crippen LogP contribution is 2.40. The molecule has 4 rings (SSSR count). The number of ether oxygens (including phenoxy) is 3. The molecule has 8 heteroatoms. The van der Waals surface area contributed by atoms with Gasteiger partial charge in [-0.05, 0) is 42.2 Å². The molecular formula is C21H20ClF2NO4. The number of aryl methyl sites for hydroxylation is 1. The molecular weight excluding hydrogens is 404 g/mol. The number of amides is 1. The van der Waals surface area contributed by atoms with E-state index in [1.807, 2.05) is 6.07 Å². The molecule has 154 valence electrons. The summed E-state index contributed by atoms with van der Waals surface area (Å²) < 4.78 is 41.6. The largest absolute Gasteiger partial charge is 0.489 e. The summed E-state index contributed by atoms with van der Waals surface area (Å²) in [5.41, 5.74) is 1.91. The molecule has 0 spiro atoms. The summed E-state index contributed by atoms with van der Waals surface area (Å²) in [6, 6.07) is 8.38. The molecule has 0 atom stereocenters. The van der Waals surface area contributed by atoms with Crippen molar-refractivity contribution in [3.05, 3.63) is 46.5 Å². The van der Waals surface area contributed by atoms with Crippen LogP contribution in [0.5, 0.6) is 17.2 Å². The van der Waals surface area contributed by atoms with Crippen molar-refractivity contribution in [1.82, 2.24) is 0 Å². The van der Waals surface area contributed by atoms with Crippen molar-refractivity contribution in [2.45, 2.75) is 32.3 Å². The Labute approximate surface area is 172 Å². The van der Waals surface area contributed by atoms with Gasteiger partial charge in [-0.3, -0.25) is 4.79 Å². The second-order valence-corrected chi connectivity index (χ2v) is 7.33. The van der Waals surface area contributed by atoms with E-state index < -0.39 is 6.61 Å². The standard InChI is InChI=1S/C21H20ClF2NO4/c22-15-10-13(11-17-20(15)28-9-3-8-27-17)12-18(26)25-7-2-5-14-4-1-6-16(19(14)25)29-21(23)24/h1,4,6,10-11,21H,2-3,5,7-9,12H2. The minimum absolute atomic E-state index is 0.0160. The minimum atomic E-state index is -2.96. The Bertz CT molecular complexity index is 922. The molecule has 0 saturated carbocycles. The fraction of sp³-hybridized carbons (Fsp3) is 0.381. The summed E-state index contributed by atoms with van der Waals surface area (Å²) in [5.74, 6) is 0.791. The smallest absolute Gasteiger partial charge is 0.387 e. The molecule has 2 heterocycles. The van der Waals surface area contributed by atoms with Crippen LogP contribution in [0, 0.1) is 0 Å². The van der Waals surface area contributed by atoms with Gasteiger partial charge in [-0.1, -0.05) is 23.7 Å². The molecule has 29 heavy (non-hydrogen) atoms. The highest BCUT2D eigenvalue weighted by atomic mass is 35.5. The average molecular weight is 424 g/mol. The van der Waals surface area contributed by atoms with Gasteiger partial charge < -0.3 is 19.1 Å². The number of hydrogen-bond acceptors (Lipinski definition) is 4. The Hall–Kier alpha value is -2.54. The Kier molecular flexibility index (Phi) is 5.76. The van der Waals surface area contributed by atoms with Crippen LogP contribution >= 0.6 is 11.6 Å². The summed E-state index contributed by atoms with van der Waals surface area (Å²) in [7, 11) is 0. The van der Waals surface area contributed by atoms with Crippen molar-refractivity contribution in [2.75, 3.05) is 24.7 Å². The van der Waals surface area contributed by atoms with Crippen molar-refractivity contribution in [1.29, 1.82) is 0 Å². The van der Waals surface area contributed by atoms with E-state index in [-0.39, 0.29) is 18.1 Å². The van der Waals surface area contributed by atoms with Crippen molar-refractivity contribution in [2.24, 2.45) is 0 Å². The number of rotatable bonds is 4. The van der Waals surface area contributed by atoms with E-state index in [0.29, 0.717) is 54.0 Å². The van der Waals surface area contributed by atoms with Gasteiger partial charge in [0.1, 0.15) is 5.75 Å². The third-order valence-corrected chi connectivity index (χ3v) is 5.20. The molecule has 1 amide bonds. The normalized spacial score (nSPS) is 15.7. The van der Waals surface area contributed by atoms with E-state index in [9.17, 15) is 13.6 Å². The Morgan fingerprint density at radius 1 is 1.21 bits per heavy atom. The van der Waals surface area contributed by atoms with E-state index in [1.165, 1.54) is 11.0 Å². The van der Waals surface area contributed by atoms with Crippen LogP contribution in [0.4, 0.5) is 14.5 Å². The van der Waals surface area contributed by atoms with E-state index >= 15 is 0 Å². The predicted octanol–water partition coefficient (Wildman–Crippen LogP) is 4.62. The van der Waals surface area contributed by atoms with Crippen LogP contribution in [0.25, 0.3) is 0 Å².